The molecule has 4 rings (SSSR count). The number of nitrogens with zero attached hydrogens (tertiary/aromatic N) is 2. The molecule has 0 aliphatic carbocycles. The van der Waals surface area contributed by atoms with Crippen LogP contribution >= 0.6 is 11.6 Å². The number of halogens is 1. The van der Waals surface area contributed by atoms with Gasteiger partial charge in [-0.2, -0.15) is 5.10 Å². The smallest absolute Gasteiger partial charge is 0.352 e. The molecule has 0 radical (unpaired) electrons. The highest BCUT2D eigenvalue weighted by molar-refractivity contribution is 6.30. The van der Waals surface area contributed by atoms with Crippen molar-refractivity contribution in [1.29, 1.82) is 0 Å². The molecular weight excluding hydrogens is 436 g/mol. The predicted molar refractivity (Wildman–Crippen MR) is 119 cm³/mol. The summed E-state index contributed by atoms with van der Waals surface area (Å²) >= 11 is 5.89. The lowest BCUT2D eigenvalue weighted by Crippen LogP contribution is -2.26. The van der Waals surface area contributed by atoms with Crippen LogP contribution in [0.2, 0.25) is 5.02 Å². The van der Waals surface area contributed by atoms with Gasteiger partial charge in [0, 0.05) is 16.3 Å². The van der Waals surface area contributed by atoms with Crippen LogP contribution in [0.4, 0.5) is 11.5 Å². The number of carbonyl (C=O) groups is 2. The first kappa shape index (κ1) is 21.3. The number of hydrogen-bond acceptors (Lipinski definition) is 6. The lowest BCUT2D eigenvalue weighted by Gasteiger charge is -2.26. The van der Waals surface area contributed by atoms with Crippen molar-refractivity contribution in [2.45, 2.75) is 6.04 Å². The van der Waals surface area contributed by atoms with E-state index in [1.807, 2.05) is 0 Å². The first-order valence-corrected chi connectivity index (χ1v) is 9.87. The molecule has 0 spiro atoms. The van der Waals surface area contributed by atoms with Crippen LogP contribution < -0.4 is 20.1 Å². The molecule has 2 aromatic carbocycles. The van der Waals surface area contributed by atoms with E-state index in [1.54, 1.807) is 42.5 Å². The molecule has 0 fully saturated rings. The summed E-state index contributed by atoms with van der Waals surface area (Å²) in [6.45, 7) is 0. The van der Waals surface area contributed by atoms with Crippen LogP contribution in [0.5, 0.6) is 11.5 Å². The molecule has 0 saturated carbocycles. The normalized spacial score (nSPS) is 14.6. The maximum atomic E-state index is 12.9. The monoisotopic (exact) mass is 454 g/mol. The summed E-state index contributed by atoms with van der Waals surface area (Å²) in [5, 5.41) is 20.1. The number of ether oxygens (including phenoxy) is 2. The van der Waals surface area contributed by atoms with Crippen LogP contribution in [0.15, 0.2) is 60.4 Å². The van der Waals surface area contributed by atoms with E-state index in [2.05, 4.69) is 15.7 Å². The number of carbonyl (C=O) groups excluding carboxylic acids is 1. The fourth-order valence-electron chi connectivity index (χ4n) is 3.41. The zero-order chi connectivity index (χ0) is 22.8. The highest BCUT2D eigenvalue weighted by Crippen LogP contribution is 2.38. The van der Waals surface area contributed by atoms with Crippen molar-refractivity contribution in [3.8, 4) is 11.5 Å². The number of fused-ring (bicyclic) bond motifs is 1. The molecule has 1 aromatic heterocycles. The van der Waals surface area contributed by atoms with Crippen molar-refractivity contribution in [3.05, 3.63) is 76.6 Å². The standard InChI is InChI=1S/C22H19ClN4O5/c1-31-14-7-8-19(32-2)15(9-14)18-10-17(22(29)30)26-20-16(11-24-27(18)20)21(28)25-13-5-3-12(23)4-6-13/h3-11,18,26H,1-2H3,(H,25,28)(H,29,30). The summed E-state index contributed by atoms with van der Waals surface area (Å²) in [7, 11) is 3.05. The predicted octanol–water partition coefficient (Wildman–Crippen LogP) is 3.79. The summed E-state index contributed by atoms with van der Waals surface area (Å²) in [4.78, 5) is 24.7. The minimum atomic E-state index is -1.17. The molecule has 2 heterocycles. The second kappa shape index (κ2) is 8.64. The molecule has 1 aliphatic rings. The second-order valence-electron chi connectivity index (χ2n) is 6.88. The van der Waals surface area contributed by atoms with E-state index in [0.717, 1.165) is 0 Å². The summed E-state index contributed by atoms with van der Waals surface area (Å²) in [5.74, 6) is -0.296. The summed E-state index contributed by atoms with van der Waals surface area (Å²) in [5.41, 5.74) is 1.25. The van der Waals surface area contributed by atoms with Crippen LogP contribution in [0.1, 0.15) is 22.0 Å². The number of aromatic nitrogens is 2. The van der Waals surface area contributed by atoms with E-state index in [9.17, 15) is 14.7 Å². The Bertz CT molecular complexity index is 1220. The van der Waals surface area contributed by atoms with Gasteiger partial charge in [0.1, 0.15) is 34.6 Å². The zero-order valence-electron chi connectivity index (χ0n) is 17.1. The minimum Gasteiger partial charge on any atom is -0.497 e. The molecule has 0 bridgehead atoms. The van der Waals surface area contributed by atoms with Gasteiger partial charge < -0.3 is 25.2 Å². The average molecular weight is 455 g/mol. The van der Waals surface area contributed by atoms with Crippen molar-refractivity contribution >= 4 is 35.0 Å². The summed E-state index contributed by atoms with van der Waals surface area (Å²) in [6.07, 6.45) is 2.88. The molecule has 0 saturated heterocycles. The molecule has 32 heavy (non-hydrogen) atoms. The van der Waals surface area contributed by atoms with E-state index in [-0.39, 0.29) is 17.1 Å². The number of anilines is 2. The maximum Gasteiger partial charge on any atom is 0.352 e. The molecule has 1 amide bonds. The largest absolute Gasteiger partial charge is 0.497 e. The van der Waals surface area contributed by atoms with E-state index in [0.29, 0.717) is 27.8 Å². The zero-order valence-corrected chi connectivity index (χ0v) is 17.9. The average Bonchev–Trinajstić information content (AvgIpc) is 3.23. The lowest BCUT2D eigenvalue weighted by atomic mass is 10.0. The molecular formula is C22H19ClN4O5. The number of amides is 1. The summed E-state index contributed by atoms with van der Waals surface area (Å²) in [6, 6.07) is 11.2. The first-order valence-electron chi connectivity index (χ1n) is 9.49. The van der Waals surface area contributed by atoms with Crippen LogP contribution in [0.3, 0.4) is 0 Å². The quantitative estimate of drug-likeness (QED) is 0.519. The van der Waals surface area contributed by atoms with Gasteiger partial charge >= 0.3 is 5.97 Å². The van der Waals surface area contributed by atoms with Crippen molar-refractivity contribution in [2.75, 3.05) is 24.9 Å². The van der Waals surface area contributed by atoms with Crippen molar-refractivity contribution < 1.29 is 24.2 Å². The molecule has 1 unspecified atom stereocenters. The van der Waals surface area contributed by atoms with Crippen molar-refractivity contribution in [2.24, 2.45) is 0 Å². The highest BCUT2D eigenvalue weighted by Gasteiger charge is 2.31. The number of allylic oxidation sites excluding steroid dienone is 1. The Hall–Kier alpha value is -3.98. The van der Waals surface area contributed by atoms with Gasteiger partial charge in [-0.1, -0.05) is 11.6 Å². The fraction of sp³-hybridized carbons (Fsp3) is 0.136. The van der Waals surface area contributed by atoms with E-state index < -0.39 is 17.9 Å². The number of aliphatic carboxylic acids is 1. The van der Waals surface area contributed by atoms with Crippen LogP contribution in [-0.2, 0) is 4.79 Å². The first-order chi connectivity index (χ1) is 15.4. The van der Waals surface area contributed by atoms with E-state index in [4.69, 9.17) is 21.1 Å². The fourth-order valence-corrected chi connectivity index (χ4v) is 3.54. The van der Waals surface area contributed by atoms with Crippen molar-refractivity contribution in [3.63, 3.8) is 0 Å². The minimum absolute atomic E-state index is 0.0894. The number of methoxy groups -OCH3 is 2. The SMILES string of the molecule is COc1ccc(OC)c(C2C=C(C(=O)O)Nc3c(C(=O)Nc4ccc(Cl)cc4)cnn32)c1. The number of benzene rings is 2. The van der Waals surface area contributed by atoms with Gasteiger partial charge in [0.05, 0.1) is 20.4 Å². The molecule has 3 N–H and O–H groups in total. The Kier molecular flexibility index (Phi) is 5.74. The van der Waals surface area contributed by atoms with Crippen molar-refractivity contribution in [1.82, 2.24) is 9.78 Å². The van der Waals surface area contributed by atoms with Gasteiger partial charge in [-0.15, -0.1) is 0 Å². The molecule has 1 atom stereocenters. The number of rotatable bonds is 6. The van der Waals surface area contributed by atoms with Crippen LogP contribution in [0.25, 0.3) is 0 Å². The van der Waals surface area contributed by atoms with Gasteiger partial charge in [0.15, 0.2) is 0 Å². The molecule has 1 aliphatic heterocycles. The maximum absolute atomic E-state index is 12.9. The van der Waals surface area contributed by atoms with Gasteiger partial charge in [-0.3, -0.25) is 4.79 Å². The Labute approximate surface area is 188 Å². The van der Waals surface area contributed by atoms with Crippen LogP contribution in [0, 0.1) is 0 Å². The van der Waals surface area contributed by atoms with Gasteiger partial charge in [-0.25, -0.2) is 9.48 Å². The Balaban J connectivity index is 1.77. The Morgan fingerprint density at radius 3 is 2.56 bits per heavy atom. The Morgan fingerprint density at radius 1 is 1.16 bits per heavy atom. The molecule has 164 valence electrons. The topological polar surface area (TPSA) is 115 Å². The molecule has 9 nitrogen and oxygen atoms in total. The number of carboxylic acids is 1. The highest BCUT2D eigenvalue weighted by atomic mass is 35.5. The third-order valence-corrected chi connectivity index (χ3v) is 5.22. The number of nitrogens with one attached hydrogen (secondary N) is 2. The van der Waals surface area contributed by atoms with E-state index in [1.165, 1.54) is 31.2 Å². The summed E-state index contributed by atoms with van der Waals surface area (Å²) < 4.78 is 12.3. The lowest BCUT2D eigenvalue weighted by molar-refractivity contribution is -0.132. The van der Waals surface area contributed by atoms with Crippen LogP contribution in [-0.4, -0.2) is 41.0 Å². The Morgan fingerprint density at radius 2 is 1.91 bits per heavy atom. The molecule has 10 heteroatoms. The third kappa shape index (κ3) is 3.97. The van der Waals surface area contributed by atoms with Gasteiger partial charge in [0.25, 0.3) is 5.91 Å². The third-order valence-electron chi connectivity index (χ3n) is 4.97. The second-order valence-corrected chi connectivity index (χ2v) is 7.31. The number of carboxylic acid groups (broad SMARTS) is 1. The number of hydrogen-bond donors (Lipinski definition) is 3. The van der Waals surface area contributed by atoms with Gasteiger partial charge in [0.2, 0.25) is 0 Å². The van der Waals surface area contributed by atoms with Gasteiger partial charge in [-0.05, 0) is 48.5 Å². The molecule has 3 aromatic rings. The van der Waals surface area contributed by atoms with E-state index >= 15 is 0 Å².